The van der Waals surface area contributed by atoms with Gasteiger partial charge in [-0.05, 0) is 37.1 Å². The summed E-state index contributed by atoms with van der Waals surface area (Å²) in [5, 5.41) is 9.11. The molecule has 0 N–H and O–H groups in total. The van der Waals surface area contributed by atoms with Crippen LogP contribution in [0, 0.1) is 18.3 Å². The molecule has 0 saturated carbocycles. The van der Waals surface area contributed by atoms with Crippen LogP contribution in [0.25, 0.3) is 0 Å². The lowest BCUT2D eigenvalue weighted by Gasteiger charge is -2.11. The van der Waals surface area contributed by atoms with Gasteiger partial charge in [-0.2, -0.15) is 5.26 Å². The number of nitriles is 1. The van der Waals surface area contributed by atoms with E-state index in [4.69, 9.17) is 10.00 Å². The third-order valence-electron chi connectivity index (χ3n) is 3.05. The number of hydrogen-bond donors (Lipinski definition) is 0. The standard InChI is InChI=1S/C17H15NO2/c1-12-8-16(13(2)19)15(10-18)9-17(12)20-11-14-6-4-3-5-7-14/h3-9H,11H2,1-2H3. The van der Waals surface area contributed by atoms with Crippen LogP contribution >= 0.6 is 0 Å². The largest absolute Gasteiger partial charge is 0.489 e. The first-order valence-corrected chi connectivity index (χ1v) is 6.34. The first kappa shape index (κ1) is 13.8. The third kappa shape index (κ3) is 3.04. The van der Waals surface area contributed by atoms with Crippen LogP contribution in [0.15, 0.2) is 42.5 Å². The molecular formula is C17H15NO2. The number of carbonyl (C=O) groups is 1. The summed E-state index contributed by atoms with van der Waals surface area (Å²) in [6, 6.07) is 15.2. The highest BCUT2D eigenvalue weighted by molar-refractivity contribution is 5.97. The van der Waals surface area contributed by atoms with Crippen molar-refractivity contribution in [1.82, 2.24) is 0 Å². The zero-order valence-corrected chi connectivity index (χ0v) is 11.5. The highest BCUT2D eigenvalue weighted by Gasteiger charge is 2.11. The summed E-state index contributed by atoms with van der Waals surface area (Å²) in [7, 11) is 0. The molecule has 20 heavy (non-hydrogen) atoms. The van der Waals surface area contributed by atoms with Crippen LogP contribution in [0.5, 0.6) is 5.75 Å². The molecule has 0 amide bonds. The molecule has 0 heterocycles. The molecule has 3 nitrogen and oxygen atoms in total. The molecule has 0 bridgehead atoms. The van der Waals surface area contributed by atoms with Gasteiger partial charge in [-0.1, -0.05) is 30.3 Å². The van der Waals surface area contributed by atoms with Gasteiger partial charge in [-0.3, -0.25) is 4.79 Å². The molecule has 0 aliphatic carbocycles. The maximum Gasteiger partial charge on any atom is 0.161 e. The fraction of sp³-hybridized carbons (Fsp3) is 0.176. The maximum atomic E-state index is 11.5. The molecule has 2 aromatic carbocycles. The highest BCUT2D eigenvalue weighted by atomic mass is 16.5. The molecule has 2 rings (SSSR count). The number of ketones is 1. The Bertz CT molecular complexity index is 669. The Kier molecular flexibility index (Phi) is 4.17. The van der Waals surface area contributed by atoms with E-state index in [2.05, 4.69) is 0 Å². The summed E-state index contributed by atoms with van der Waals surface area (Å²) < 4.78 is 5.74. The zero-order chi connectivity index (χ0) is 14.5. The first-order chi connectivity index (χ1) is 9.61. The van der Waals surface area contributed by atoms with Crippen molar-refractivity contribution in [1.29, 1.82) is 5.26 Å². The van der Waals surface area contributed by atoms with Crippen molar-refractivity contribution >= 4 is 5.78 Å². The Labute approximate surface area is 118 Å². The summed E-state index contributed by atoms with van der Waals surface area (Å²) in [6.45, 7) is 3.76. The third-order valence-corrected chi connectivity index (χ3v) is 3.05. The number of ether oxygens (including phenoxy) is 1. The van der Waals surface area contributed by atoms with Crippen molar-refractivity contribution in [3.63, 3.8) is 0 Å². The van der Waals surface area contributed by atoms with Gasteiger partial charge in [-0.25, -0.2) is 0 Å². The minimum absolute atomic E-state index is 0.112. The van der Waals surface area contributed by atoms with E-state index in [0.29, 0.717) is 23.5 Å². The number of benzene rings is 2. The second kappa shape index (κ2) is 6.03. The van der Waals surface area contributed by atoms with Gasteiger partial charge in [0.15, 0.2) is 5.78 Å². The molecule has 0 aliphatic rings. The van der Waals surface area contributed by atoms with Crippen molar-refractivity contribution in [3.8, 4) is 11.8 Å². The molecular weight excluding hydrogens is 250 g/mol. The Morgan fingerprint density at radius 2 is 1.95 bits per heavy atom. The van der Waals surface area contributed by atoms with Gasteiger partial charge in [0.25, 0.3) is 0 Å². The van der Waals surface area contributed by atoms with Gasteiger partial charge in [-0.15, -0.1) is 0 Å². The van der Waals surface area contributed by atoms with Gasteiger partial charge in [0, 0.05) is 5.56 Å². The minimum Gasteiger partial charge on any atom is -0.489 e. The van der Waals surface area contributed by atoms with Crippen molar-refractivity contribution < 1.29 is 9.53 Å². The van der Waals surface area contributed by atoms with Gasteiger partial charge in [0.2, 0.25) is 0 Å². The normalized spacial score (nSPS) is 9.85. The van der Waals surface area contributed by atoms with Gasteiger partial charge < -0.3 is 4.74 Å². The number of rotatable bonds is 4. The topological polar surface area (TPSA) is 50.1 Å². The monoisotopic (exact) mass is 265 g/mol. The number of aryl methyl sites for hydroxylation is 1. The molecule has 0 atom stereocenters. The first-order valence-electron chi connectivity index (χ1n) is 6.34. The molecule has 0 spiro atoms. The number of Topliss-reactive ketones (excluding diaryl/α,β-unsaturated/α-hetero) is 1. The second-order valence-corrected chi connectivity index (χ2v) is 4.61. The van der Waals surface area contributed by atoms with Gasteiger partial charge in [0.1, 0.15) is 18.4 Å². The van der Waals surface area contributed by atoms with Crippen LogP contribution in [0.2, 0.25) is 0 Å². The minimum atomic E-state index is -0.112. The lowest BCUT2D eigenvalue weighted by atomic mass is 10.0. The smallest absolute Gasteiger partial charge is 0.161 e. The van der Waals surface area contributed by atoms with Crippen molar-refractivity contribution in [2.75, 3.05) is 0 Å². The molecule has 3 heteroatoms. The van der Waals surface area contributed by atoms with Crippen LogP contribution in [-0.2, 0) is 6.61 Å². The van der Waals surface area contributed by atoms with E-state index in [-0.39, 0.29) is 5.78 Å². The molecule has 0 aliphatic heterocycles. The zero-order valence-electron chi connectivity index (χ0n) is 11.5. The van der Waals surface area contributed by atoms with Gasteiger partial charge in [0.05, 0.1) is 5.56 Å². The Morgan fingerprint density at radius 1 is 1.25 bits per heavy atom. The molecule has 0 saturated heterocycles. The summed E-state index contributed by atoms with van der Waals surface area (Å²) in [6.07, 6.45) is 0. The Balaban J connectivity index is 2.25. The van der Waals surface area contributed by atoms with E-state index in [1.165, 1.54) is 6.92 Å². The van der Waals surface area contributed by atoms with Crippen LogP contribution in [-0.4, -0.2) is 5.78 Å². The van der Waals surface area contributed by atoms with E-state index < -0.39 is 0 Å². The van der Waals surface area contributed by atoms with E-state index in [1.54, 1.807) is 12.1 Å². The van der Waals surface area contributed by atoms with Crippen molar-refractivity contribution in [2.45, 2.75) is 20.5 Å². The van der Waals surface area contributed by atoms with Crippen molar-refractivity contribution in [2.24, 2.45) is 0 Å². The summed E-state index contributed by atoms with van der Waals surface area (Å²) in [4.78, 5) is 11.5. The van der Waals surface area contributed by atoms with Crippen LogP contribution in [0.1, 0.15) is 34.0 Å². The average molecular weight is 265 g/mol. The molecule has 2 aromatic rings. The molecule has 0 fully saturated rings. The quantitative estimate of drug-likeness (QED) is 0.793. The highest BCUT2D eigenvalue weighted by Crippen LogP contribution is 2.24. The molecule has 0 unspecified atom stereocenters. The van der Waals surface area contributed by atoms with E-state index in [1.807, 2.05) is 43.3 Å². The second-order valence-electron chi connectivity index (χ2n) is 4.61. The van der Waals surface area contributed by atoms with Crippen LogP contribution < -0.4 is 4.74 Å². The van der Waals surface area contributed by atoms with E-state index in [0.717, 1.165) is 11.1 Å². The molecule has 0 aromatic heterocycles. The maximum absolute atomic E-state index is 11.5. The molecule has 0 radical (unpaired) electrons. The van der Waals surface area contributed by atoms with Gasteiger partial charge >= 0.3 is 0 Å². The van der Waals surface area contributed by atoms with E-state index in [9.17, 15) is 4.79 Å². The number of nitrogens with zero attached hydrogens (tertiary/aromatic N) is 1. The summed E-state index contributed by atoms with van der Waals surface area (Å²) >= 11 is 0. The Morgan fingerprint density at radius 3 is 2.55 bits per heavy atom. The lowest BCUT2D eigenvalue weighted by molar-refractivity contribution is 0.101. The fourth-order valence-corrected chi connectivity index (χ4v) is 1.96. The van der Waals surface area contributed by atoms with Crippen LogP contribution in [0.4, 0.5) is 0 Å². The lowest BCUT2D eigenvalue weighted by Crippen LogP contribution is -2.02. The Hall–Kier alpha value is -2.60. The predicted molar refractivity (Wildman–Crippen MR) is 76.7 cm³/mol. The molecule has 100 valence electrons. The average Bonchev–Trinajstić information content (AvgIpc) is 2.46. The predicted octanol–water partition coefficient (Wildman–Crippen LogP) is 3.65. The van der Waals surface area contributed by atoms with E-state index >= 15 is 0 Å². The number of hydrogen-bond acceptors (Lipinski definition) is 3. The summed E-state index contributed by atoms with van der Waals surface area (Å²) in [5.41, 5.74) is 2.70. The fourth-order valence-electron chi connectivity index (χ4n) is 1.96. The van der Waals surface area contributed by atoms with Crippen LogP contribution in [0.3, 0.4) is 0 Å². The number of carbonyl (C=O) groups excluding carboxylic acids is 1. The summed E-state index contributed by atoms with van der Waals surface area (Å²) in [5.74, 6) is 0.523. The SMILES string of the molecule is CC(=O)c1cc(C)c(OCc2ccccc2)cc1C#N. The van der Waals surface area contributed by atoms with Crippen molar-refractivity contribution in [3.05, 3.63) is 64.7 Å².